The summed E-state index contributed by atoms with van der Waals surface area (Å²) in [6.07, 6.45) is 3.56. The number of aromatic nitrogens is 1. The Hall–Kier alpha value is -2.01. The molecule has 1 atom stereocenters. The van der Waals surface area contributed by atoms with Gasteiger partial charge in [0.1, 0.15) is 5.37 Å². The molecule has 0 saturated carbocycles. The fourth-order valence-corrected chi connectivity index (χ4v) is 3.71. The molecule has 5 heteroatoms. The molecule has 0 N–H and O–H groups in total. The summed E-state index contributed by atoms with van der Waals surface area (Å²) in [5, 5.41) is 0.0871. The van der Waals surface area contributed by atoms with Gasteiger partial charge in [0, 0.05) is 38.7 Å². The summed E-state index contributed by atoms with van der Waals surface area (Å²) in [5.41, 5.74) is 3.45. The van der Waals surface area contributed by atoms with Crippen molar-refractivity contribution in [2.75, 3.05) is 24.7 Å². The predicted octanol–water partition coefficient (Wildman–Crippen LogP) is 2.92. The zero-order valence-corrected chi connectivity index (χ0v) is 13.6. The number of anilines is 1. The summed E-state index contributed by atoms with van der Waals surface area (Å²) in [6, 6.07) is 12.3. The number of hydrogen-bond donors (Lipinski definition) is 0. The van der Waals surface area contributed by atoms with Gasteiger partial charge in [0.15, 0.2) is 0 Å². The highest BCUT2D eigenvalue weighted by atomic mass is 32.2. The van der Waals surface area contributed by atoms with E-state index in [4.69, 9.17) is 0 Å². The summed E-state index contributed by atoms with van der Waals surface area (Å²) < 4.78 is 0. The first kappa shape index (κ1) is 14.9. The Morgan fingerprint density at radius 2 is 1.86 bits per heavy atom. The first-order valence-electron chi connectivity index (χ1n) is 7.22. The van der Waals surface area contributed by atoms with Crippen LogP contribution in [0.15, 0.2) is 48.8 Å². The van der Waals surface area contributed by atoms with Crippen LogP contribution in [0, 0.1) is 0 Å². The summed E-state index contributed by atoms with van der Waals surface area (Å²) in [7, 11) is 4.05. The average Bonchev–Trinajstić information content (AvgIpc) is 2.90. The molecule has 1 unspecified atom stereocenters. The Morgan fingerprint density at radius 3 is 2.50 bits per heavy atom. The normalized spacial score (nSPS) is 17.8. The third-order valence-electron chi connectivity index (χ3n) is 3.77. The number of carbonyl (C=O) groups excluding carboxylic acids is 1. The van der Waals surface area contributed by atoms with E-state index in [0.717, 1.165) is 16.8 Å². The molecule has 4 nitrogen and oxygen atoms in total. The molecule has 1 aromatic carbocycles. The minimum Gasteiger partial charge on any atom is -0.378 e. The van der Waals surface area contributed by atoms with E-state index in [2.05, 4.69) is 34.1 Å². The number of hydrogen-bond acceptors (Lipinski definition) is 4. The maximum absolute atomic E-state index is 12.2. The summed E-state index contributed by atoms with van der Waals surface area (Å²) in [4.78, 5) is 20.3. The highest BCUT2D eigenvalue weighted by Crippen LogP contribution is 2.39. The van der Waals surface area contributed by atoms with Crippen molar-refractivity contribution >= 4 is 23.4 Å². The van der Waals surface area contributed by atoms with Gasteiger partial charge in [0.25, 0.3) is 0 Å². The van der Waals surface area contributed by atoms with Crippen LogP contribution in [0.3, 0.4) is 0 Å². The maximum Gasteiger partial charge on any atom is 0.234 e. The van der Waals surface area contributed by atoms with Crippen LogP contribution in [0.1, 0.15) is 16.5 Å². The second-order valence-corrected chi connectivity index (χ2v) is 6.59. The van der Waals surface area contributed by atoms with E-state index in [1.54, 1.807) is 24.2 Å². The van der Waals surface area contributed by atoms with Crippen LogP contribution in [0.2, 0.25) is 0 Å². The van der Waals surface area contributed by atoms with Gasteiger partial charge < -0.3 is 9.80 Å². The molecule has 1 saturated heterocycles. The van der Waals surface area contributed by atoms with Crippen molar-refractivity contribution in [3.8, 4) is 0 Å². The third-order valence-corrected chi connectivity index (χ3v) is 5.02. The van der Waals surface area contributed by atoms with Crippen molar-refractivity contribution in [3.63, 3.8) is 0 Å². The monoisotopic (exact) mass is 313 g/mol. The number of amides is 1. The molecule has 1 aliphatic rings. The average molecular weight is 313 g/mol. The Labute approximate surface area is 135 Å². The number of thioether (sulfide) groups is 1. The summed E-state index contributed by atoms with van der Waals surface area (Å²) >= 11 is 1.68. The topological polar surface area (TPSA) is 36.4 Å². The smallest absolute Gasteiger partial charge is 0.234 e. The van der Waals surface area contributed by atoms with Crippen molar-refractivity contribution < 1.29 is 4.79 Å². The van der Waals surface area contributed by atoms with Crippen LogP contribution in [-0.4, -0.2) is 35.6 Å². The molecular weight excluding hydrogens is 294 g/mol. The molecular formula is C17H19N3OS. The van der Waals surface area contributed by atoms with Gasteiger partial charge >= 0.3 is 0 Å². The lowest BCUT2D eigenvalue weighted by Gasteiger charge is -2.24. The minimum atomic E-state index is 0.0871. The minimum absolute atomic E-state index is 0.0871. The molecule has 2 aromatic rings. The van der Waals surface area contributed by atoms with Crippen molar-refractivity contribution in [2.24, 2.45) is 0 Å². The summed E-state index contributed by atoms with van der Waals surface area (Å²) in [6.45, 7) is 0.645. The SMILES string of the molecule is CN(C)c1ccc(CN2C(=O)CSC2c2ccncc2)cc1. The van der Waals surface area contributed by atoms with Crippen LogP contribution in [0.5, 0.6) is 0 Å². The van der Waals surface area contributed by atoms with E-state index in [9.17, 15) is 4.79 Å². The molecule has 22 heavy (non-hydrogen) atoms. The van der Waals surface area contributed by atoms with Gasteiger partial charge in [-0.05, 0) is 35.4 Å². The number of rotatable bonds is 4. The zero-order valence-electron chi connectivity index (χ0n) is 12.8. The maximum atomic E-state index is 12.2. The second-order valence-electron chi connectivity index (χ2n) is 5.53. The lowest BCUT2D eigenvalue weighted by Crippen LogP contribution is -2.27. The Morgan fingerprint density at radius 1 is 1.18 bits per heavy atom. The molecule has 0 radical (unpaired) electrons. The van der Waals surface area contributed by atoms with E-state index in [1.807, 2.05) is 31.1 Å². The highest BCUT2D eigenvalue weighted by molar-refractivity contribution is 8.00. The highest BCUT2D eigenvalue weighted by Gasteiger charge is 2.32. The fraction of sp³-hybridized carbons (Fsp3) is 0.294. The zero-order chi connectivity index (χ0) is 15.5. The Balaban J connectivity index is 1.78. The fourth-order valence-electron chi connectivity index (χ4n) is 2.53. The van der Waals surface area contributed by atoms with E-state index in [0.29, 0.717) is 12.3 Å². The van der Waals surface area contributed by atoms with Crippen molar-refractivity contribution in [1.29, 1.82) is 0 Å². The summed E-state index contributed by atoms with van der Waals surface area (Å²) in [5.74, 6) is 0.742. The van der Waals surface area contributed by atoms with E-state index >= 15 is 0 Å². The van der Waals surface area contributed by atoms with Crippen LogP contribution in [-0.2, 0) is 11.3 Å². The van der Waals surface area contributed by atoms with Gasteiger partial charge in [-0.1, -0.05) is 12.1 Å². The van der Waals surface area contributed by atoms with Crippen LogP contribution < -0.4 is 4.90 Å². The molecule has 3 rings (SSSR count). The molecule has 0 spiro atoms. The predicted molar refractivity (Wildman–Crippen MR) is 90.8 cm³/mol. The van der Waals surface area contributed by atoms with Gasteiger partial charge in [0.05, 0.1) is 5.75 Å². The standard InChI is InChI=1S/C17H19N3OS/c1-19(2)15-5-3-13(4-6-15)11-20-16(21)12-22-17(20)14-7-9-18-10-8-14/h3-10,17H,11-12H2,1-2H3. The van der Waals surface area contributed by atoms with Crippen molar-refractivity contribution in [1.82, 2.24) is 9.88 Å². The van der Waals surface area contributed by atoms with Crippen LogP contribution >= 0.6 is 11.8 Å². The van der Waals surface area contributed by atoms with Crippen molar-refractivity contribution in [3.05, 3.63) is 59.9 Å². The molecule has 2 heterocycles. The number of nitrogens with zero attached hydrogens (tertiary/aromatic N) is 3. The number of carbonyl (C=O) groups is 1. The van der Waals surface area contributed by atoms with Crippen LogP contribution in [0.4, 0.5) is 5.69 Å². The molecule has 1 amide bonds. The molecule has 1 fully saturated rings. The third kappa shape index (κ3) is 3.09. The van der Waals surface area contributed by atoms with E-state index in [1.165, 1.54) is 0 Å². The van der Waals surface area contributed by atoms with Crippen LogP contribution in [0.25, 0.3) is 0 Å². The van der Waals surface area contributed by atoms with Gasteiger partial charge in [-0.2, -0.15) is 0 Å². The molecule has 114 valence electrons. The Bertz CT molecular complexity index is 643. The largest absolute Gasteiger partial charge is 0.378 e. The van der Waals surface area contributed by atoms with Gasteiger partial charge in [-0.15, -0.1) is 11.8 Å². The Kier molecular flexibility index (Phi) is 4.34. The second kappa shape index (κ2) is 6.40. The van der Waals surface area contributed by atoms with E-state index in [-0.39, 0.29) is 11.3 Å². The van der Waals surface area contributed by atoms with Crippen molar-refractivity contribution in [2.45, 2.75) is 11.9 Å². The first-order chi connectivity index (χ1) is 10.6. The lowest BCUT2D eigenvalue weighted by atomic mass is 10.1. The van der Waals surface area contributed by atoms with Gasteiger partial charge in [-0.3, -0.25) is 9.78 Å². The molecule has 0 aliphatic carbocycles. The molecule has 1 aromatic heterocycles. The van der Waals surface area contributed by atoms with E-state index < -0.39 is 0 Å². The molecule has 1 aliphatic heterocycles. The first-order valence-corrected chi connectivity index (χ1v) is 8.27. The quantitative estimate of drug-likeness (QED) is 0.869. The van der Waals surface area contributed by atoms with Gasteiger partial charge in [-0.25, -0.2) is 0 Å². The number of pyridine rings is 1. The number of benzene rings is 1. The van der Waals surface area contributed by atoms with Gasteiger partial charge in [0.2, 0.25) is 5.91 Å². The lowest BCUT2D eigenvalue weighted by molar-refractivity contribution is -0.128. The molecule has 0 bridgehead atoms.